The lowest BCUT2D eigenvalue weighted by Gasteiger charge is -2.18. The van der Waals surface area contributed by atoms with E-state index in [4.69, 9.17) is 4.74 Å². The summed E-state index contributed by atoms with van der Waals surface area (Å²) < 4.78 is 5.35. The summed E-state index contributed by atoms with van der Waals surface area (Å²) in [4.78, 5) is 33.5. The number of hydrogen-bond donors (Lipinski definition) is 0. The average molecular weight is 277 g/mol. The second-order valence-electron chi connectivity index (χ2n) is 5.68. The topological polar surface area (TPSA) is 72.8 Å². The Kier molecular flexibility index (Phi) is 4.47. The Bertz CT molecular complexity index is 480. The summed E-state index contributed by atoms with van der Waals surface area (Å²) in [5, 5.41) is 2.44. The summed E-state index contributed by atoms with van der Waals surface area (Å²) in [5.41, 5.74) is 1.38. The highest BCUT2D eigenvalue weighted by Crippen LogP contribution is 2.34. The molecule has 1 fully saturated rings. The first-order valence-corrected chi connectivity index (χ1v) is 6.94. The van der Waals surface area contributed by atoms with Gasteiger partial charge in [0.2, 0.25) is 0 Å². The molecule has 5 nitrogen and oxygen atoms in total. The Morgan fingerprint density at radius 3 is 2.90 bits per heavy atom. The minimum absolute atomic E-state index is 0.0122. The number of fused-ring (bicyclic) bond motifs is 2. The van der Waals surface area contributed by atoms with E-state index in [0.717, 1.165) is 18.4 Å². The number of nitrogens with zero attached hydrogens (tertiary/aromatic N) is 1. The molecule has 0 radical (unpaired) electrons. The molecule has 1 aliphatic heterocycles. The van der Waals surface area contributed by atoms with Gasteiger partial charge in [0.05, 0.1) is 5.92 Å². The molecular weight excluding hydrogens is 258 g/mol. The molecule has 2 bridgehead atoms. The van der Waals surface area contributed by atoms with Crippen LogP contribution >= 0.6 is 0 Å². The molecule has 0 aromatic rings. The molecule has 0 spiro atoms. The maximum atomic E-state index is 11.8. The van der Waals surface area contributed by atoms with E-state index < -0.39 is 5.91 Å². The quantitative estimate of drug-likeness (QED) is 0.337. The number of amides is 1. The molecule has 5 heteroatoms. The normalized spacial score (nSPS) is 32.8. The van der Waals surface area contributed by atoms with Gasteiger partial charge >= 0.3 is 11.9 Å². The molecule has 1 saturated heterocycles. The van der Waals surface area contributed by atoms with Gasteiger partial charge in [-0.05, 0) is 38.5 Å². The summed E-state index contributed by atoms with van der Waals surface area (Å²) in [6.07, 6.45) is 5.47. The number of ether oxygens (including phenoxy) is 1. The number of hydrogen-bond acceptors (Lipinski definition) is 4. The van der Waals surface area contributed by atoms with Crippen molar-refractivity contribution in [2.24, 2.45) is 17.0 Å². The van der Waals surface area contributed by atoms with E-state index in [1.54, 1.807) is 0 Å². The third-order valence-electron chi connectivity index (χ3n) is 4.18. The number of carbonyl (C=O) groups is 2. The Hall–Kier alpha value is -1.78. The largest absolute Gasteiger partial charge is 0.462 e. The van der Waals surface area contributed by atoms with Gasteiger partial charge in [0, 0.05) is 17.2 Å². The van der Waals surface area contributed by atoms with Crippen molar-refractivity contribution >= 4 is 11.9 Å². The van der Waals surface area contributed by atoms with Gasteiger partial charge < -0.3 is 4.74 Å². The zero-order valence-corrected chi connectivity index (χ0v) is 11.6. The number of esters is 1. The molecule has 0 saturated carbocycles. The summed E-state index contributed by atoms with van der Waals surface area (Å²) in [6, 6.07) is 0. The van der Waals surface area contributed by atoms with Gasteiger partial charge in [-0.2, -0.15) is 0 Å². The number of nitroso groups, excluding NO2 is 1. The lowest BCUT2D eigenvalue weighted by molar-refractivity contribution is -0.144. The van der Waals surface area contributed by atoms with Crippen LogP contribution in [-0.2, 0) is 14.3 Å². The first-order chi connectivity index (χ1) is 9.51. The molecule has 1 amide bonds. The fraction of sp³-hybridized carbons (Fsp3) is 0.600. The highest BCUT2D eigenvalue weighted by Gasteiger charge is 2.35. The summed E-state index contributed by atoms with van der Waals surface area (Å²) in [5.74, 6) is -1.15. The van der Waals surface area contributed by atoms with Crippen LogP contribution in [0.3, 0.4) is 0 Å². The Labute approximate surface area is 118 Å². The van der Waals surface area contributed by atoms with Crippen LogP contribution in [-0.4, -0.2) is 18.0 Å². The lowest BCUT2D eigenvalue weighted by Crippen LogP contribution is -2.14. The SMILES string of the molecule is C=C(C(=O)N=O)C1C/C=C(\C)C[C@@H]2CC(CC1)C(=O)O2. The van der Waals surface area contributed by atoms with Crippen molar-refractivity contribution in [2.75, 3.05) is 0 Å². The first-order valence-electron chi connectivity index (χ1n) is 6.94. The van der Waals surface area contributed by atoms with E-state index >= 15 is 0 Å². The molecule has 0 aromatic heterocycles. The van der Waals surface area contributed by atoms with Crippen LogP contribution in [0.4, 0.5) is 0 Å². The standard InChI is InChI=1S/C15H19NO4/c1-9-3-4-11(10(2)14(17)16-19)5-6-12-8-13(7-9)20-15(12)18/h3,11-13H,2,4-8H2,1H3/b9-3+/t11?,12?,13-/m1/s1. The fourth-order valence-corrected chi connectivity index (χ4v) is 2.94. The van der Waals surface area contributed by atoms with Crippen molar-refractivity contribution in [1.82, 2.24) is 0 Å². The van der Waals surface area contributed by atoms with E-state index in [0.29, 0.717) is 19.3 Å². The molecule has 0 aromatic carbocycles. The smallest absolute Gasteiger partial charge is 0.312 e. The van der Waals surface area contributed by atoms with Crippen molar-refractivity contribution in [3.63, 3.8) is 0 Å². The van der Waals surface area contributed by atoms with Gasteiger partial charge in [0.25, 0.3) is 0 Å². The molecular formula is C15H19NO4. The molecule has 3 atom stereocenters. The van der Waals surface area contributed by atoms with Crippen LogP contribution < -0.4 is 0 Å². The van der Waals surface area contributed by atoms with Gasteiger partial charge in [-0.25, -0.2) is 0 Å². The Morgan fingerprint density at radius 2 is 2.20 bits per heavy atom. The molecule has 2 unspecified atom stereocenters. The van der Waals surface area contributed by atoms with Crippen LogP contribution in [0.15, 0.2) is 29.0 Å². The third-order valence-corrected chi connectivity index (χ3v) is 4.18. The number of rotatable bonds is 2. The predicted octanol–water partition coefficient (Wildman–Crippen LogP) is 2.90. The molecule has 2 aliphatic rings. The predicted molar refractivity (Wildman–Crippen MR) is 73.6 cm³/mol. The molecule has 108 valence electrons. The maximum absolute atomic E-state index is 11.8. The van der Waals surface area contributed by atoms with E-state index in [-0.39, 0.29) is 29.5 Å². The van der Waals surface area contributed by atoms with Crippen molar-refractivity contribution < 1.29 is 14.3 Å². The molecule has 1 heterocycles. The summed E-state index contributed by atoms with van der Waals surface area (Å²) in [6.45, 7) is 5.68. The van der Waals surface area contributed by atoms with E-state index in [1.165, 1.54) is 0 Å². The minimum Gasteiger partial charge on any atom is -0.462 e. The van der Waals surface area contributed by atoms with Crippen molar-refractivity contribution in [3.05, 3.63) is 28.7 Å². The van der Waals surface area contributed by atoms with Crippen molar-refractivity contribution in [2.45, 2.75) is 45.1 Å². The minimum atomic E-state index is -0.787. The highest BCUT2D eigenvalue weighted by atomic mass is 16.5. The van der Waals surface area contributed by atoms with Gasteiger partial charge in [0.15, 0.2) is 0 Å². The molecule has 20 heavy (non-hydrogen) atoms. The van der Waals surface area contributed by atoms with Crippen molar-refractivity contribution in [1.29, 1.82) is 0 Å². The zero-order valence-electron chi connectivity index (χ0n) is 11.6. The summed E-state index contributed by atoms with van der Waals surface area (Å²) in [7, 11) is 0. The maximum Gasteiger partial charge on any atom is 0.312 e. The lowest BCUT2D eigenvalue weighted by atomic mass is 9.85. The molecule has 1 aliphatic carbocycles. The van der Waals surface area contributed by atoms with Gasteiger partial charge in [-0.15, -0.1) is 4.91 Å². The van der Waals surface area contributed by atoms with E-state index in [1.807, 2.05) is 13.0 Å². The van der Waals surface area contributed by atoms with Crippen LogP contribution in [0.5, 0.6) is 0 Å². The Morgan fingerprint density at radius 1 is 1.45 bits per heavy atom. The van der Waals surface area contributed by atoms with Gasteiger partial charge in [-0.3, -0.25) is 9.59 Å². The van der Waals surface area contributed by atoms with Gasteiger partial charge in [0.1, 0.15) is 6.10 Å². The zero-order chi connectivity index (χ0) is 14.7. The highest BCUT2D eigenvalue weighted by molar-refractivity contribution is 5.93. The van der Waals surface area contributed by atoms with Crippen LogP contribution in [0.1, 0.15) is 39.0 Å². The Balaban J connectivity index is 2.15. The second-order valence-corrected chi connectivity index (χ2v) is 5.68. The monoisotopic (exact) mass is 277 g/mol. The fourth-order valence-electron chi connectivity index (χ4n) is 2.94. The first kappa shape index (κ1) is 14.6. The molecule has 2 rings (SSSR count). The van der Waals surface area contributed by atoms with Crippen LogP contribution in [0.25, 0.3) is 0 Å². The number of carbonyl (C=O) groups excluding carboxylic acids is 2. The number of allylic oxidation sites excluding steroid dienone is 1. The van der Waals surface area contributed by atoms with Crippen molar-refractivity contribution in [3.8, 4) is 0 Å². The van der Waals surface area contributed by atoms with E-state index in [9.17, 15) is 14.5 Å². The van der Waals surface area contributed by atoms with Crippen LogP contribution in [0, 0.1) is 16.7 Å². The van der Waals surface area contributed by atoms with E-state index in [2.05, 4.69) is 11.8 Å². The third kappa shape index (κ3) is 3.21. The molecule has 0 N–H and O–H groups in total. The van der Waals surface area contributed by atoms with Crippen LogP contribution in [0.2, 0.25) is 0 Å². The summed E-state index contributed by atoms with van der Waals surface area (Å²) >= 11 is 0. The van der Waals surface area contributed by atoms with Gasteiger partial charge in [-0.1, -0.05) is 18.2 Å². The average Bonchev–Trinajstić information content (AvgIpc) is 2.76. The second kappa shape index (κ2) is 6.11.